The number of imidazole rings is 2. The van der Waals surface area contributed by atoms with Gasteiger partial charge in [-0.3, -0.25) is 9.59 Å². The number of aromatic amines is 2. The minimum Gasteiger partial charge on any atom is -0.340 e. The van der Waals surface area contributed by atoms with Crippen LogP contribution < -0.4 is 11.5 Å². The third-order valence-electron chi connectivity index (χ3n) is 10.5. The Balaban J connectivity index is 0.00000174. The number of aromatic nitrogens is 4. The quantitative estimate of drug-likeness (QED) is 0.115. The fourth-order valence-corrected chi connectivity index (χ4v) is 7.58. The summed E-state index contributed by atoms with van der Waals surface area (Å²) in [7, 11) is 0. The zero-order valence-corrected chi connectivity index (χ0v) is 33.8. The highest BCUT2D eigenvalue weighted by Crippen LogP contribution is 2.36. The molecule has 4 atom stereocenters. The Kier molecular flexibility index (Phi) is 15.3. The van der Waals surface area contributed by atoms with Gasteiger partial charge in [-0.15, -0.1) is 49.6 Å². The summed E-state index contributed by atoms with van der Waals surface area (Å²) in [6.45, 7) is 1.33. The Morgan fingerprint density at radius 3 is 1.23 bits per heavy atom. The van der Waals surface area contributed by atoms with E-state index >= 15 is 0 Å². The Labute approximate surface area is 351 Å². The highest BCUT2D eigenvalue weighted by atomic mass is 35.5. The van der Waals surface area contributed by atoms with Crippen LogP contribution in [-0.4, -0.2) is 54.6 Å². The maximum Gasteiger partial charge on any atom is 0.244 e. The topological polar surface area (TPSA) is 150 Å². The minimum atomic E-state index is -0.695. The lowest BCUT2D eigenvalue weighted by molar-refractivity contribution is -0.134. The number of nitrogens with two attached hydrogens (primary N) is 2. The van der Waals surface area contributed by atoms with Crippen LogP contribution in [0.1, 0.15) is 72.6 Å². The Bertz CT molecular complexity index is 2010. The molecule has 2 saturated heterocycles. The maximum absolute atomic E-state index is 13.4. The maximum atomic E-state index is 13.4. The van der Waals surface area contributed by atoms with Crippen LogP contribution in [0.5, 0.6) is 0 Å². The summed E-state index contributed by atoms with van der Waals surface area (Å²) in [6.07, 6.45) is 7.19. The number of benzene rings is 4. The summed E-state index contributed by atoms with van der Waals surface area (Å²) in [5.41, 5.74) is 20.4. The van der Waals surface area contributed by atoms with E-state index in [1.807, 2.05) is 82.9 Å². The van der Waals surface area contributed by atoms with Gasteiger partial charge >= 0.3 is 0 Å². The number of carbonyl (C=O) groups excluding carboxylic acids is 2. The predicted molar refractivity (Wildman–Crippen MR) is 230 cm³/mol. The van der Waals surface area contributed by atoms with E-state index in [-0.39, 0.29) is 73.5 Å². The number of amides is 2. The van der Waals surface area contributed by atoms with Crippen LogP contribution >= 0.6 is 49.6 Å². The van der Waals surface area contributed by atoms with Crippen LogP contribution in [-0.2, 0) is 9.59 Å². The van der Waals surface area contributed by atoms with E-state index < -0.39 is 12.1 Å². The third kappa shape index (κ3) is 8.97. The third-order valence-corrected chi connectivity index (χ3v) is 10.5. The molecule has 2 aliphatic heterocycles. The molecule has 4 heterocycles. The first kappa shape index (κ1) is 44.0. The van der Waals surface area contributed by atoms with Gasteiger partial charge in [0, 0.05) is 13.1 Å². The van der Waals surface area contributed by atoms with Crippen LogP contribution in [0.2, 0.25) is 0 Å². The number of halogens is 4. The van der Waals surface area contributed by atoms with Crippen molar-refractivity contribution in [3.05, 3.63) is 144 Å². The molecule has 0 aliphatic carbocycles. The number of hydrogen-bond acceptors (Lipinski definition) is 6. The van der Waals surface area contributed by atoms with Crippen molar-refractivity contribution in [1.82, 2.24) is 29.7 Å². The summed E-state index contributed by atoms with van der Waals surface area (Å²) in [6, 6.07) is 34.2. The smallest absolute Gasteiger partial charge is 0.244 e. The molecule has 0 unspecified atom stereocenters. The fraction of sp³-hybridized carbons (Fsp3) is 0.238. The van der Waals surface area contributed by atoms with Crippen molar-refractivity contribution >= 4 is 61.4 Å². The molecule has 2 amide bonds. The van der Waals surface area contributed by atoms with Gasteiger partial charge in [-0.1, -0.05) is 109 Å². The number of H-pyrrole nitrogens is 2. The molecule has 6 aromatic rings. The number of likely N-dealkylation sites (tertiary alicyclic amines) is 2. The number of rotatable bonds is 9. The standard InChI is InChI=1S/C42H42N8O2.4ClH/c43-37(31-9-3-1-4-10-31)41(51)49-23-7-13-35(49)39-45-25-33(47-39)29-19-15-27(16-20-29)28-17-21-30(22-18-28)34-26-46-40(48-34)36-14-8-24-50(36)42(52)38(44)32-11-5-2-6-12-32;;;;/h1-6,9-12,15-22,25-26,35-38H,7-8,13-14,23-24,43-44H2,(H,45,47)(H,46,48);4*1H/t35-,36-,37+,38+;;;;/m0..../s1. The van der Waals surface area contributed by atoms with E-state index in [4.69, 9.17) is 21.4 Å². The molecule has 2 aromatic heterocycles. The second-order valence-electron chi connectivity index (χ2n) is 13.7. The largest absolute Gasteiger partial charge is 0.340 e. The fourth-order valence-electron chi connectivity index (χ4n) is 7.58. The Morgan fingerprint density at radius 1 is 0.536 bits per heavy atom. The lowest BCUT2D eigenvalue weighted by Crippen LogP contribution is -2.38. The normalized spacial score (nSPS) is 17.1. The molecule has 6 N–H and O–H groups in total. The van der Waals surface area contributed by atoms with Crippen molar-refractivity contribution in [2.75, 3.05) is 13.1 Å². The molecular weight excluding hydrogens is 790 g/mol. The number of nitrogens with one attached hydrogen (secondary N) is 2. The Hall–Kier alpha value is -4.68. The van der Waals surface area contributed by atoms with Crippen molar-refractivity contribution in [2.24, 2.45) is 11.5 Å². The molecule has 10 nitrogen and oxygen atoms in total. The lowest BCUT2D eigenvalue weighted by Gasteiger charge is -2.26. The van der Waals surface area contributed by atoms with E-state index in [1.54, 1.807) is 0 Å². The highest BCUT2D eigenvalue weighted by molar-refractivity contribution is 5.86. The molecule has 0 radical (unpaired) electrons. The molecule has 2 aliphatic rings. The van der Waals surface area contributed by atoms with Crippen LogP contribution in [0.15, 0.2) is 122 Å². The molecular formula is C42H46Cl4N8O2. The molecule has 4 aromatic carbocycles. The van der Waals surface area contributed by atoms with Crippen LogP contribution in [0.4, 0.5) is 0 Å². The van der Waals surface area contributed by atoms with E-state index in [1.165, 1.54) is 0 Å². The van der Waals surface area contributed by atoms with Gasteiger partial charge in [0.25, 0.3) is 0 Å². The van der Waals surface area contributed by atoms with Gasteiger partial charge in [0.1, 0.15) is 23.7 Å². The summed E-state index contributed by atoms with van der Waals surface area (Å²) < 4.78 is 0. The van der Waals surface area contributed by atoms with Crippen molar-refractivity contribution in [3.8, 4) is 33.6 Å². The van der Waals surface area contributed by atoms with Crippen molar-refractivity contribution in [3.63, 3.8) is 0 Å². The second kappa shape index (κ2) is 19.5. The molecule has 294 valence electrons. The van der Waals surface area contributed by atoms with Crippen molar-refractivity contribution < 1.29 is 9.59 Å². The molecule has 14 heteroatoms. The second-order valence-corrected chi connectivity index (χ2v) is 13.7. The first-order chi connectivity index (χ1) is 25.4. The molecule has 8 rings (SSSR count). The van der Waals surface area contributed by atoms with E-state index in [0.717, 1.165) is 82.1 Å². The summed E-state index contributed by atoms with van der Waals surface area (Å²) >= 11 is 0. The van der Waals surface area contributed by atoms with Crippen LogP contribution in [0.25, 0.3) is 33.6 Å². The lowest BCUT2D eigenvalue weighted by atomic mass is 10.0. The van der Waals surface area contributed by atoms with Crippen molar-refractivity contribution in [2.45, 2.75) is 49.9 Å². The minimum absolute atomic E-state index is 0. The average Bonchev–Trinajstić information content (AvgIpc) is 4.04. The van der Waals surface area contributed by atoms with E-state index in [9.17, 15) is 9.59 Å². The van der Waals surface area contributed by atoms with Gasteiger partial charge < -0.3 is 31.2 Å². The van der Waals surface area contributed by atoms with Gasteiger partial charge in [0.2, 0.25) is 11.8 Å². The van der Waals surface area contributed by atoms with Crippen LogP contribution in [0, 0.1) is 0 Å². The number of hydrogen-bond donors (Lipinski definition) is 4. The zero-order valence-electron chi connectivity index (χ0n) is 30.5. The average molecular weight is 837 g/mol. The molecule has 56 heavy (non-hydrogen) atoms. The van der Waals surface area contributed by atoms with Gasteiger partial charge in [0.15, 0.2) is 0 Å². The monoisotopic (exact) mass is 834 g/mol. The highest BCUT2D eigenvalue weighted by Gasteiger charge is 2.36. The van der Waals surface area contributed by atoms with Crippen molar-refractivity contribution in [1.29, 1.82) is 0 Å². The van der Waals surface area contributed by atoms with Crippen LogP contribution in [0.3, 0.4) is 0 Å². The SMILES string of the molecule is Cl.Cl.Cl.Cl.N[C@@H](C(=O)N1CCC[C@H]1c1ncc(-c2ccc(-c3ccc(-c4cnc([C@@H]5CCCN5C(=O)[C@H](N)c5ccccc5)[nH]4)cc3)cc2)[nH]1)c1ccccc1. The van der Waals surface area contributed by atoms with Gasteiger partial charge in [-0.2, -0.15) is 0 Å². The molecule has 2 fully saturated rings. The molecule has 0 spiro atoms. The number of carbonyl (C=O) groups is 2. The molecule has 0 saturated carbocycles. The van der Waals surface area contributed by atoms with Gasteiger partial charge in [-0.05, 0) is 59.1 Å². The van der Waals surface area contributed by atoms with E-state index in [0.29, 0.717) is 13.1 Å². The number of nitrogens with zero attached hydrogens (tertiary/aromatic N) is 4. The summed E-state index contributed by atoms with van der Waals surface area (Å²) in [5.74, 6) is 1.41. The van der Waals surface area contributed by atoms with E-state index in [2.05, 4.69) is 58.5 Å². The summed E-state index contributed by atoms with van der Waals surface area (Å²) in [4.78, 5) is 46.8. The first-order valence-corrected chi connectivity index (χ1v) is 18.0. The first-order valence-electron chi connectivity index (χ1n) is 18.0. The summed E-state index contributed by atoms with van der Waals surface area (Å²) in [5, 5.41) is 0. The van der Waals surface area contributed by atoms with Gasteiger partial charge in [0.05, 0.1) is 35.9 Å². The zero-order chi connectivity index (χ0) is 35.6. The van der Waals surface area contributed by atoms with Gasteiger partial charge in [-0.25, -0.2) is 9.97 Å². The predicted octanol–water partition coefficient (Wildman–Crippen LogP) is 8.55. The molecule has 0 bridgehead atoms. The Morgan fingerprint density at radius 2 is 0.875 bits per heavy atom.